The maximum Gasteiger partial charge on any atom is 0.256 e. The van der Waals surface area contributed by atoms with Gasteiger partial charge in [0.05, 0.1) is 17.8 Å². The molecule has 5 rings (SSSR count). The average Bonchev–Trinajstić information content (AvgIpc) is 3.26. The fourth-order valence-electron chi connectivity index (χ4n) is 3.53. The highest BCUT2D eigenvalue weighted by molar-refractivity contribution is 7.99. The van der Waals surface area contributed by atoms with E-state index >= 15 is 0 Å². The van der Waals surface area contributed by atoms with Crippen LogP contribution >= 0.6 is 23.1 Å². The number of nitrogens with two attached hydrogens (primary N) is 1. The number of hydrogen-bond donors (Lipinski definition) is 3. The summed E-state index contributed by atoms with van der Waals surface area (Å²) in [4.78, 5) is 43.2. The molecule has 7 nitrogen and oxygen atoms in total. The number of carbonyl (C=O) groups excluding carboxylic acids is 3. The van der Waals surface area contributed by atoms with Gasteiger partial charge >= 0.3 is 0 Å². The van der Waals surface area contributed by atoms with Crippen molar-refractivity contribution in [1.82, 2.24) is 10.3 Å². The van der Waals surface area contributed by atoms with Crippen molar-refractivity contribution >= 4 is 46.5 Å². The summed E-state index contributed by atoms with van der Waals surface area (Å²) in [5.41, 5.74) is 7.06. The SMILES string of the molecule is NC(=O)c1ccc(-c2ncc(CNC(=O)c3ccc4c(c3)NC(=O)c3ccccc3S4)s2)c(F)c1. The highest BCUT2D eigenvalue weighted by atomic mass is 32.2. The molecule has 1 aliphatic rings. The van der Waals surface area contributed by atoms with E-state index in [1.54, 1.807) is 30.5 Å². The topological polar surface area (TPSA) is 114 Å². The van der Waals surface area contributed by atoms with Crippen LogP contribution in [0.1, 0.15) is 36.0 Å². The minimum Gasteiger partial charge on any atom is -0.366 e. The van der Waals surface area contributed by atoms with Crippen molar-refractivity contribution in [2.45, 2.75) is 16.3 Å². The van der Waals surface area contributed by atoms with Gasteiger partial charge in [0.2, 0.25) is 5.91 Å². The van der Waals surface area contributed by atoms with E-state index in [2.05, 4.69) is 15.6 Å². The monoisotopic (exact) mass is 504 g/mol. The Hall–Kier alpha value is -4.02. The molecule has 174 valence electrons. The average molecular weight is 505 g/mol. The second kappa shape index (κ2) is 9.32. The summed E-state index contributed by atoms with van der Waals surface area (Å²) >= 11 is 2.69. The molecule has 0 saturated carbocycles. The zero-order chi connectivity index (χ0) is 24.5. The molecule has 3 amide bonds. The Labute approximate surface area is 207 Å². The first kappa shape index (κ1) is 22.8. The number of rotatable bonds is 5. The number of nitrogens with one attached hydrogen (secondary N) is 2. The number of amides is 3. The lowest BCUT2D eigenvalue weighted by atomic mass is 10.1. The Kier molecular flexibility index (Phi) is 6.06. The second-order valence-corrected chi connectivity index (χ2v) is 9.84. The summed E-state index contributed by atoms with van der Waals surface area (Å²) in [5, 5.41) is 6.12. The van der Waals surface area contributed by atoms with Gasteiger partial charge in [0.15, 0.2) is 0 Å². The molecule has 3 aromatic carbocycles. The number of hydrogen-bond acceptors (Lipinski definition) is 6. The molecule has 35 heavy (non-hydrogen) atoms. The van der Waals surface area contributed by atoms with Crippen LogP contribution < -0.4 is 16.4 Å². The van der Waals surface area contributed by atoms with Gasteiger partial charge < -0.3 is 16.4 Å². The van der Waals surface area contributed by atoms with E-state index in [0.717, 1.165) is 20.7 Å². The fourth-order valence-corrected chi connectivity index (χ4v) is 5.42. The van der Waals surface area contributed by atoms with E-state index in [1.165, 1.54) is 35.2 Å². The van der Waals surface area contributed by atoms with Crippen LogP contribution in [0.25, 0.3) is 10.6 Å². The standard InChI is InChI=1S/C25H17FN4O3S2/c26-18-9-13(22(27)31)5-7-16(18)25-29-12-15(34-25)11-28-23(32)14-6-8-21-19(10-14)30-24(33)17-3-1-2-4-20(17)35-21/h1-10,12H,11H2,(H2,27,31)(H,28,32)(H,30,33). The maximum absolute atomic E-state index is 14.4. The van der Waals surface area contributed by atoms with Crippen LogP contribution in [0, 0.1) is 5.82 Å². The predicted octanol–water partition coefficient (Wildman–Crippen LogP) is 4.70. The molecule has 1 aromatic heterocycles. The van der Waals surface area contributed by atoms with Gasteiger partial charge in [-0.3, -0.25) is 14.4 Å². The van der Waals surface area contributed by atoms with Crippen LogP contribution in [0.2, 0.25) is 0 Å². The van der Waals surface area contributed by atoms with Gasteiger partial charge in [0.1, 0.15) is 10.8 Å². The van der Waals surface area contributed by atoms with Gasteiger partial charge in [-0.25, -0.2) is 9.37 Å². The third-order valence-electron chi connectivity index (χ3n) is 5.30. The minimum absolute atomic E-state index is 0.0783. The van der Waals surface area contributed by atoms with Crippen LogP contribution in [0.4, 0.5) is 10.1 Å². The quantitative estimate of drug-likeness (QED) is 0.365. The van der Waals surface area contributed by atoms with Crippen LogP contribution in [0.15, 0.2) is 76.7 Å². The second-order valence-electron chi connectivity index (χ2n) is 7.64. The Bertz CT molecular complexity index is 1500. The van der Waals surface area contributed by atoms with Crippen LogP contribution in [0.3, 0.4) is 0 Å². The first-order valence-electron chi connectivity index (χ1n) is 10.4. The van der Waals surface area contributed by atoms with Gasteiger partial charge in [0.25, 0.3) is 11.8 Å². The van der Waals surface area contributed by atoms with E-state index in [4.69, 9.17) is 5.73 Å². The third kappa shape index (κ3) is 4.66. The summed E-state index contributed by atoms with van der Waals surface area (Å²) in [6, 6.07) is 16.5. The molecule has 0 aliphatic carbocycles. The zero-order valence-corrected chi connectivity index (χ0v) is 19.6. The van der Waals surface area contributed by atoms with E-state index in [1.807, 2.05) is 18.2 Å². The fraction of sp³-hybridized carbons (Fsp3) is 0.0400. The Morgan fingerprint density at radius 1 is 1.00 bits per heavy atom. The third-order valence-corrected chi connectivity index (χ3v) is 7.48. The van der Waals surface area contributed by atoms with Crippen molar-refractivity contribution in [3.05, 3.63) is 94.2 Å². The molecule has 0 atom stereocenters. The number of aromatic nitrogens is 1. The van der Waals surface area contributed by atoms with Gasteiger partial charge in [0, 0.05) is 37.6 Å². The normalized spacial score (nSPS) is 12.2. The van der Waals surface area contributed by atoms with Crippen LogP contribution in [-0.4, -0.2) is 22.7 Å². The largest absolute Gasteiger partial charge is 0.366 e. The predicted molar refractivity (Wildman–Crippen MR) is 132 cm³/mol. The first-order valence-corrected chi connectivity index (χ1v) is 12.1. The molecule has 0 spiro atoms. The van der Waals surface area contributed by atoms with Crippen molar-refractivity contribution in [3.8, 4) is 10.6 Å². The van der Waals surface area contributed by atoms with Crippen molar-refractivity contribution in [3.63, 3.8) is 0 Å². The summed E-state index contributed by atoms with van der Waals surface area (Å²) < 4.78 is 14.4. The molecule has 0 unspecified atom stereocenters. The summed E-state index contributed by atoms with van der Waals surface area (Å²) in [6.07, 6.45) is 1.56. The molecular weight excluding hydrogens is 487 g/mol. The smallest absolute Gasteiger partial charge is 0.256 e. The van der Waals surface area contributed by atoms with Crippen molar-refractivity contribution < 1.29 is 18.8 Å². The molecule has 4 N–H and O–H groups in total. The minimum atomic E-state index is -0.710. The Morgan fingerprint density at radius 3 is 2.60 bits per heavy atom. The number of thiazole rings is 1. The molecule has 0 fully saturated rings. The van der Waals surface area contributed by atoms with E-state index in [0.29, 0.717) is 21.8 Å². The molecule has 10 heteroatoms. The summed E-state index contributed by atoms with van der Waals surface area (Å²) in [6.45, 7) is 0.196. The first-order chi connectivity index (χ1) is 16.9. The lowest BCUT2D eigenvalue weighted by Gasteiger charge is -2.09. The number of carbonyl (C=O) groups is 3. The number of fused-ring (bicyclic) bond motifs is 2. The number of primary amides is 1. The van der Waals surface area contributed by atoms with Gasteiger partial charge in [-0.1, -0.05) is 23.9 Å². The molecule has 1 aliphatic heterocycles. The molecule has 0 saturated heterocycles. The van der Waals surface area contributed by atoms with E-state index in [-0.39, 0.29) is 29.5 Å². The van der Waals surface area contributed by atoms with Crippen molar-refractivity contribution in [2.24, 2.45) is 5.73 Å². The van der Waals surface area contributed by atoms with Gasteiger partial charge in [-0.15, -0.1) is 11.3 Å². The van der Waals surface area contributed by atoms with Crippen LogP contribution in [0.5, 0.6) is 0 Å². The Balaban J connectivity index is 1.28. The number of anilines is 1. The molecule has 0 radical (unpaired) electrons. The van der Waals surface area contributed by atoms with E-state index < -0.39 is 11.7 Å². The lowest BCUT2D eigenvalue weighted by molar-refractivity contribution is 0.0949. The number of nitrogens with zero attached hydrogens (tertiary/aromatic N) is 1. The summed E-state index contributed by atoms with van der Waals surface area (Å²) in [5.74, 6) is -1.85. The van der Waals surface area contributed by atoms with Crippen LogP contribution in [-0.2, 0) is 6.54 Å². The van der Waals surface area contributed by atoms with E-state index in [9.17, 15) is 18.8 Å². The van der Waals surface area contributed by atoms with Crippen molar-refractivity contribution in [1.29, 1.82) is 0 Å². The molecule has 2 heterocycles. The molecule has 4 aromatic rings. The van der Waals surface area contributed by atoms with Gasteiger partial charge in [-0.2, -0.15) is 0 Å². The summed E-state index contributed by atoms with van der Waals surface area (Å²) in [7, 11) is 0. The highest BCUT2D eigenvalue weighted by Crippen LogP contribution is 2.39. The number of halogens is 1. The molecule has 0 bridgehead atoms. The zero-order valence-electron chi connectivity index (χ0n) is 18.0. The number of benzene rings is 3. The van der Waals surface area contributed by atoms with Crippen molar-refractivity contribution in [2.75, 3.05) is 5.32 Å². The highest BCUT2D eigenvalue weighted by Gasteiger charge is 2.21. The Morgan fingerprint density at radius 2 is 1.80 bits per heavy atom. The maximum atomic E-state index is 14.4. The lowest BCUT2D eigenvalue weighted by Crippen LogP contribution is -2.22. The molecular formula is C25H17FN4O3S2. The van der Waals surface area contributed by atoms with Gasteiger partial charge in [-0.05, 0) is 48.5 Å².